The first-order chi connectivity index (χ1) is 8.49. The fraction of sp³-hybridized carbons (Fsp3) is 0.400. The highest BCUT2D eigenvalue weighted by molar-refractivity contribution is 5.65. The molecule has 0 bridgehead atoms. The van der Waals surface area contributed by atoms with Gasteiger partial charge in [-0.25, -0.2) is 0 Å². The predicted octanol–water partition coefficient (Wildman–Crippen LogP) is 1.69. The van der Waals surface area contributed by atoms with Gasteiger partial charge in [0.2, 0.25) is 0 Å². The molecular formula is C10H13N3O5. The summed E-state index contributed by atoms with van der Waals surface area (Å²) in [5, 5.41) is 33.2. The van der Waals surface area contributed by atoms with Crippen LogP contribution in [0.1, 0.15) is 13.3 Å². The van der Waals surface area contributed by atoms with Crippen LogP contribution in [-0.2, 0) is 0 Å². The molecule has 1 rings (SSSR count). The van der Waals surface area contributed by atoms with E-state index in [-0.39, 0.29) is 29.7 Å². The van der Waals surface area contributed by atoms with E-state index in [1.807, 2.05) is 6.92 Å². The van der Waals surface area contributed by atoms with E-state index < -0.39 is 9.85 Å². The number of benzene rings is 1. The van der Waals surface area contributed by atoms with Gasteiger partial charge in [-0.1, -0.05) is 6.92 Å². The molecule has 0 aliphatic rings. The van der Waals surface area contributed by atoms with Gasteiger partial charge in [0, 0.05) is 12.1 Å². The molecule has 98 valence electrons. The van der Waals surface area contributed by atoms with Crippen molar-refractivity contribution in [2.24, 2.45) is 0 Å². The van der Waals surface area contributed by atoms with Crippen LogP contribution < -0.4 is 5.32 Å². The maximum atomic E-state index is 10.8. The fourth-order valence-electron chi connectivity index (χ4n) is 1.40. The number of nitrogens with zero attached hydrogens (tertiary/aromatic N) is 2. The maximum absolute atomic E-state index is 10.8. The van der Waals surface area contributed by atoms with Gasteiger partial charge in [0.1, 0.15) is 5.69 Å². The summed E-state index contributed by atoms with van der Waals surface area (Å²) in [6.45, 7) is 1.63. The monoisotopic (exact) mass is 255 g/mol. The van der Waals surface area contributed by atoms with Gasteiger partial charge in [-0.05, 0) is 12.5 Å². The van der Waals surface area contributed by atoms with Gasteiger partial charge in [-0.15, -0.1) is 0 Å². The van der Waals surface area contributed by atoms with Crippen molar-refractivity contribution in [3.8, 4) is 0 Å². The van der Waals surface area contributed by atoms with E-state index in [9.17, 15) is 20.2 Å². The van der Waals surface area contributed by atoms with E-state index in [1.54, 1.807) is 0 Å². The molecule has 0 aromatic heterocycles. The Morgan fingerprint density at radius 3 is 2.44 bits per heavy atom. The van der Waals surface area contributed by atoms with Crippen LogP contribution in [0.2, 0.25) is 0 Å². The molecule has 1 aromatic rings. The first-order valence-electron chi connectivity index (χ1n) is 5.29. The lowest BCUT2D eigenvalue weighted by atomic mass is 10.2. The Morgan fingerprint density at radius 2 is 2.00 bits per heavy atom. The molecule has 1 aromatic carbocycles. The minimum absolute atomic E-state index is 0.159. The molecule has 0 aliphatic carbocycles. The zero-order valence-electron chi connectivity index (χ0n) is 9.70. The van der Waals surface area contributed by atoms with Crippen molar-refractivity contribution in [2.75, 3.05) is 11.9 Å². The topological polar surface area (TPSA) is 119 Å². The van der Waals surface area contributed by atoms with E-state index in [2.05, 4.69) is 5.32 Å². The van der Waals surface area contributed by atoms with E-state index in [0.717, 1.165) is 6.07 Å². The highest BCUT2D eigenvalue weighted by atomic mass is 16.6. The number of nitrogens with one attached hydrogen (secondary N) is 1. The lowest BCUT2D eigenvalue weighted by molar-refractivity contribution is -0.393. The van der Waals surface area contributed by atoms with Crippen molar-refractivity contribution < 1.29 is 15.0 Å². The van der Waals surface area contributed by atoms with Crippen molar-refractivity contribution in [1.29, 1.82) is 0 Å². The Bertz CT molecular complexity index is 459. The van der Waals surface area contributed by atoms with Crippen LogP contribution in [0.15, 0.2) is 18.2 Å². The number of anilines is 1. The molecule has 8 nitrogen and oxygen atoms in total. The summed E-state index contributed by atoms with van der Waals surface area (Å²) in [5.41, 5.74) is -0.563. The molecule has 8 heteroatoms. The molecule has 0 aliphatic heterocycles. The number of hydrogen-bond acceptors (Lipinski definition) is 6. The molecule has 0 radical (unpaired) electrons. The molecule has 18 heavy (non-hydrogen) atoms. The predicted molar refractivity (Wildman–Crippen MR) is 64.5 cm³/mol. The van der Waals surface area contributed by atoms with Crippen molar-refractivity contribution in [3.63, 3.8) is 0 Å². The summed E-state index contributed by atoms with van der Waals surface area (Å²) in [6, 6.07) is 3.02. The zero-order chi connectivity index (χ0) is 13.7. The van der Waals surface area contributed by atoms with Crippen molar-refractivity contribution in [2.45, 2.75) is 19.4 Å². The third kappa shape index (κ3) is 3.14. The quantitative estimate of drug-likeness (QED) is 0.589. The molecule has 0 unspecified atom stereocenters. The summed E-state index contributed by atoms with van der Waals surface area (Å²) in [6.07, 6.45) is 0.574. The second-order valence-electron chi connectivity index (χ2n) is 3.65. The number of rotatable bonds is 6. The maximum Gasteiger partial charge on any atom is 0.299 e. The molecular weight excluding hydrogens is 242 g/mol. The first kappa shape index (κ1) is 13.8. The Hall–Kier alpha value is -2.22. The minimum Gasteiger partial charge on any atom is -0.394 e. The van der Waals surface area contributed by atoms with Crippen molar-refractivity contribution in [3.05, 3.63) is 38.4 Å². The Balaban J connectivity index is 3.11. The van der Waals surface area contributed by atoms with Crippen LogP contribution in [0.3, 0.4) is 0 Å². The molecule has 0 amide bonds. The molecule has 0 fully saturated rings. The first-order valence-corrected chi connectivity index (χ1v) is 5.29. The summed E-state index contributed by atoms with van der Waals surface area (Å²) in [5.74, 6) is 0. The van der Waals surface area contributed by atoms with Crippen LogP contribution in [0.5, 0.6) is 0 Å². The fourth-order valence-corrected chi connectivity index (χ4v) is 1.40. The molecule has 2 N–H and O–H groups in total. The van der Waals surface area contributed by atoms with E-state index >= 15 is 0 Å². The molecule has 0 saturated heterocycles. The largest absolute Gasteiger partial charge is 0.394 e. The lowest BCUT2D eigenvalue weighted by Crippen LogP contribution is -2.23. The highest BCUT2D eigenvalue weighted by Crippen LogP contribution is 2.29. The average molecular weight is 255 g/mol. The van der Waals surface area contributed by atoms with Gasteiger partial charge in [-0.3, -0.25) is 20.2 Å². The van der Waals surface area contributed by atoms with Crippen LogP contribution in [0.4, 0.5) is 17.1 Å². The Kier molecular flexibility index (Phi) is 4.55. The summed E-state index contributed by atoms with van der Waals surface area (Å²) >= 11 is 0. The number of aliphatic hydroxyl groups is 1. The number of hydrogen-bond donors (Lipinski definition) is 2. The van der Waals surface area contributed by atoms with E-state index in [1.165, 1.54) is 12.1 Å². The molecule has 0 saturated carbocycles. The van der Waals surface area contributed by atoms with Gasteiger partial charge >= 0.3 is 0 Å². The van der Waals surface area contributed by atoms with Gasteiger partial charge in [0.05, 0.1) is 22.5 Å². The van der Waals surface area contributed by atoms with Crippen LogP contribution in [0, 0.1) is 20.2 Å². The number of nitro benzene ring substituents is 2. The van der Waals surface area contributed by atoms with Gasteiger partial charge in [0.25, 0.3) is 11.4 Å². The number of non-ortho nitro benzene ring substituents is 1. The standard InChI is InChI=1S/C10H13N3O5/c1-2-7(6-14)11-9-4-3-8(12(15)16)5-10(9)13(17)18/h3-5,7,11,14H,2,6H2,1H3/t7-/m1/s1. The van der Waals surface area contributed by atoms with Gasteiger partial charge in [0.15, 0.2) is 0 Å². The average Bonchev–Trinajstić information content (AvgIpc) is 2.35. The normalized spacial score (nSPS) is 11.9. The van der Waals surface area contributed by atoms with E-state index in [4.69, 9.17) is 5.11 Å². The third-order valence-corrected chi connectivity index (χ3v) is 2.46. The van der Waals surface area contributed by atoms with E-state index in [0.29, 0.717) is 6.42 Å². The summed E-state index contributed by atoms with van der Waals surface area (Å²) in [7, 11) is 0. The SMILES string of the molecule is CC[C@H](CO)Nc1ccc([N+](=O)[O-])cc1[N+](=O)[O-]. The Labute approximate surface area is 103 Å². The van der Waals surface area contributed by atoms with Crippen molar-refractivity contribution in [1.82, 2.24) is 0 Å². The molecule has 1 atom stereocenters. The van der Waals surface area contributed by atoms with Crippen LogP contribution in [0.25, 0.3) is 0 Å². The van der Waals surface area contributed by atoms with Crippen molar-refractivity contribution >= 4 is 17.1 Å². The van der Waals surface area contributed by atoms with Gasteiger partial charge < -0.3 is 10.4 Å². The smallest absolute Gasteiger partial charge is 0.299 e. The second-order valence-corrected chi connectivity index (χ2v) is 3.65. The van der Waals surface area contributed by atoms with Crippen LogP contribution >= 0.6 is 0 Å². The second kappa shape index (κ2) is 5.92. The number of nitro groups is 2. The van der Waals surface area contributed by atoms with Gasteiger partial charge in [-0.2, -0.15) is 0 Å². The summed E-state index contributed by atoms with van der Waals surface area (Å²) < 4.78 is 0. The summed E-state index contributed by atoms with van der Waals surface area (Å²) in [4.78, 5) is 20.0. The Morgan fingerprint density at radius 1 is 1.33 bits per heavy atom. The lowest BCUT2D eigenvalue weighted by Gasteiger charge is -2.15. The number of aliphatic hydroxyl groups excluding tert-OH is 1. The highest BCUT2D eigenvalue weighted by Gasteiger charge is 2.20. The molecule has 0 spiro atoms. The minimum atomic E-state index is -0.695. The van der Waals surface area contributed by atoms with Crippen LogP contribution in [-0.4, -0.2) is 27.6 Å². The zero-order valence-corrected chi connectivity index (χ0v) is 9.70. The molecule has 0 heterocycles. The third-order valence-electron chi connectivity index (χ3n) is 2.46.